The first kappa shape index (κ1) is 29.7. The summed E-state index contributed by atoms with van der Waals surface area (Å²) in [5.41, 5.74) is 0. The lowest BCUT2D eigenvalue weighted by molar-refractivity contribution is -0.913. The van der Waals surface area contributed by atoms with Gasteiger partial charge >= 0.3 is 5.97 Å². The van der Waals surface area contributed by atoms with E-state index < -0.39 is 0 Å². The first-order valence-electron chi connectivity index (χ1n) is 11.6. The first-order valence-corrected chi connectivity index (χ1v) is 11.6. The van der Waals surface area contributed by atoms with E-state index in [1.807, 2.05) is 0 Å². The van der Waals surface area contributed by atoms with Crippen molar-refractivity contribution in [2.45, 2.75) is 110 Å². The third-order valence-corrected chi connectivity index (χ3v) is 6.00. The summed E-state index contributed by atoms with van der Waals surface area (Å²) in [6.45, 7) is 9.36. The van der Waals surface area contributed by atoms with Crippen molar-refractivity contribution in [3.63, 3.8) is 0 Å². The van der Waals surface area contributed by atoms with Crippen molar-refractivity contribution in [3.8, 4) is 0 Å². The van der Waals surface area contributed by atoms with Crippen molar-refractivity contribution in [1.29, 1.82) is 0 Å². The molecule has 3 nitrogen and oxygen atoms in total. The van der Waals surface area contributed by atoms with E-state index >= 15 is 0 Å². The van der Waals surface area contributed by atoms with Gasteiger partial charge in [-0.25, -0.2) is 4.79 Å². The third-order valence-electron chi connectivity index (χ3n) is 6.00. The number of ether oxygens (including phenoxy) is 1. The summed E-state index contributed by atoms with van der Waals surface area (Å²) in [4.78, 5) is 11.1. The quantitative estimate of drug-likeness (QED) is 0.139. The highest BCUT2D eigenvalue weighted by Gasteiger charge is 2.23. The van der Waals surface area contributed by atoms with Crippen LogP contribution in [0.3, 0.4) is 0 Å². The summed E-state index contributed by atoms with van der Waals surface area (Å²) >= 11 is 0. The molecule has 0 rings (SSSR count). The second-order valence-corrected chi connectivity index (χ2v) is 8.75. The van der Waals surface area contributed by atoms with Crippen LogP contribution in [0.15, 0.2) is 12.7 Å². The van der Waals surface area contributed by atoms with Crippen LogP contribution in [-0.4, -0.2) is 43.7 Å². The minimum atomic E-state index is -0.320. The number of carbonyl (C=O) groups excluding carboxylic acids is 1. The molecular weight excluding hydrogens is 370 g/mol. The Hall–Kier alpha value is -0.540. The summed E-state index contributed by atoms with van der Waals surface area (Å²) in [5, 5.41) is 0. The highest BCUT2D eigenvalue weighted by Crippen LogP contribution is 2.16. The van der Waals surface area contributed by atoms with Crippen molar-refractivity contribution in [1.82, 2.24) is 0 Å². The average Bonchev–Trinajstić information content (AvgIpc) is 2.64. The van der Waals surface area contributed by atoms with Crippen LogP contribution in [0.1, 0.15) is 104 Å². The molecule has 168 valence electrons. The number of likely N-dealkylation sites (N-methyl/N-ethyl adjacent to an activating group) is 1. The molecule has 0 fully saturated rings. The van der Waals surface area contributed by atoms with Gasteiger partial charge < -0.3 is 21.6 Å². The molecule has 0 N–H and O–H groups in total. The maximum Gasteiger partial charge on any atom is 0.330 e. The molecule has 0 aliphatic rings. The largest absolute Gasteiger partial charge is 1.00 e. The molecule has 0 aliphatic carbocycles. The number of quaternary nitrogens is 1. The molecule has 0 aliphatic heterocycles. The molecule has 28 heavy (non-hydrogen) atoms. The van der Waals surface area contributed by atoms with E-state index in [-0.39, 0.29) is 18.4 Å². The van der Waals surface area contributed by atoms with Crippen molar-refractivity contribution >= 4 is 5.97 Å². The number of esters is 1. The maximum absolute atomic E-state index is 11.1. The van der Waals surface area contributed by atoms with Crippen molar-refractivity contribution < 1.29 is 26.4 Å². The molecule has 0 saturated heterocycles. The van der Waals surface area contributed by atoms with Gasteiger partial charge in [-0.2, -0.15) is 0 Å². The lowest BCUT2D eigenvalue weighted by atomic mass is 10.0. The molecule has 4 heteroatoms. The highest BCUT2D eigenvalue weighted by molar-refractivity contribution is 5.81. The Balaban J connectivity index is 0. The van der Waals surface area contributed by atoms with E-state index in [4.69, 9.17) is 4.74 Å². The Labute approximate surface area is 182 Å². The molecule has 0 saturated carbocycles. The third kappa shape index (κ3) is 17.6. The second-order valence-electron chi connectivity index (χ2n) is 8.75. The van der Waals surface area contributed by atoms with Gasteiger partial charge in [-0.3, -0.25) is 0 Å². The number of rotatable bonds is 19. The van der Waals surface area contributed by atoms with Gasteiger partial charge in [0.05, 0.1) is 20.1 Å². The van der Waals surface area contributed by atoms with Crippen LogP contribution in [0.2, 0.25) is 0 Å². The molecule has 0 amide bonds. The van der Waals surface area contributed by atoms with Gasteiger partial charge in [-0.05, 0) is 19.8 Å². The number of hydrogen-bond donors (Lipinski definition) is 0. The van der Waals surface area contributed by atoms with Crippen LogP contribution >= 0.6 is 0 Å². The van der Waals surface area contributed by atoms with Gasteiger partial charge in [0.2, 0.25) is 0 Å². The van der Waals surface area contributed by atoms with Crippen molar-refractivity contribution in [2.24, 2.45) is 0 Å². The summed E-state index contributed by atoms with van der Waals surface area (Å²) in [6.07, 6.45) is 20.7. The van der Waals surface area contributed by atoms with E-state index in [2.05, 4.69) is 34.5 Å². The summed E-state index contributed by atoms with van der Waals surface area (Å²) in [6, 6.07) is 0.597. The van der Waals surface area contributed by atoms with Gasteiger partial charge in [0.1, 0.15) is 13.2 Å². The van der Waals surface area contributed by atoms with Crippen LogP contribution in [0.25, 0.3) is 0 Å². The zero-order chi connectivity index (χ0) is 20.4. The van der Waals surface area contributed by atoms with Crippen molar-refractivity contribution in [2.75, 3.05) is 27.2 Å². The Morgan fingerprint density at radius 2 is 1.32 bits per heavy atom. The SMILES string of the molecule is C=CC(=O)OCC[N+](C)(C)C(C)CCCCCCCCCCCCCCC.[Cl-]. The smallest absolute Gasteiger partial charge is 0.330 e. The number of halogens is 1. The monoisotopic (exact) mass is 417 g/mol. The fourth-order valence-corrected chi connectivity index (χ4v) is 3.47. The standard InChI is InChI=1S/C24H48NO2.ClH/c1-6-8-9-10-11-12-13-14-15-16-17-18-19-20-23(3)25(4,5)21-22-27-24(26)7-2;/h7,23H,2,6,8-22H2,1,3-5H3;1H/q+1;/p-1. The highest BCUT2D eigenvalue weighted by atomic mass is 35.5. The van der Waals surface area contributed by atoms with Crippen LogP contribution in [0.4, 0.5) is 0 Å². The fourth-order valence-electron chi connectivity index (χ4n) is 3.47. The summed E-state index contributed by atoms with van der Waals surface area (Å²) in [7, 11) is 4.46. The number of unbranched alkanes of at least 4 members (excludes halogenated alkanes) is 12. The number of hydrogen-bond acceptors (Lipinski definition) is 2. The lowest BCUT2D eigenvalue weighted by Gasteiger charge is -2.36. The zero-order valence-corrected chi connectivity index (χ0v) is 20.1. The van der Waals surface area contributed by atoms with E-state index in [9.17, 15) is 4.79 Å². The first-order chi connectivity index (χ1) is 12.9. The van der Waals surface area contributed by atoms with Crippen LogP contribution in [0, 0.1) is 0 Å². The van der Waals surface area contributed by atoms with Crippen LogP contribution in [-0.2, 0) is 9.53 Å². The molecule has 0 bridgehead atoms. The van der Waals surface area contributed by atoms with Gasteiger partial charge in [0.15, 0.2) is 0 Å². The normalized spacial score (nSPS) is 12.3. The Bertz CT molecular complexity index is 372. The summed E-state index contributed by atoms with van der Waals surface area (Å²) in [5.74, 6) is -0.320. The minimum absolute atomic E-state index is 0. The van der Waals surface area contributed by atoms with Crippen molar-refractivity contribution in [3.05, 3.63) is 12.7 Å². The lowest BCUT2D eigenvalue weighted by Crippen LogP contribution is -3.00. The van der Waals surface area contributed by atoms with E-state index in [1.165, 1.54) is 96.0 Å². The molecule has 0 radical (unpaired) electrons. The predicted molar refractivity (Wildman–Crippen MR) is 118 cm³/mol. The molecule has 0 aromatic heterocycles. The fraction of sp³-hybridized carbons (Fsp3) is 0.875. The van der Waals surface area contributed by atoms with E-state index in [0.29, 0.717) is 12.6 Å². The topological polar surface area (TPSA) is 26.3 Å². The average molecular weight is 418 g/mol. The van der Waals surface area contributed by atoms with E-state index in [0.717, 1.165) is 11.0 Å². The zero-order valence-electron chi connectivity index (χ0n) is 19.3. The van der Waals surface area contributed by atoms with E-state index in [1.54, 1.807) is 0 Å². The van der Waals surface area contributed by atoms with Gasteiger partial charge in [-0.1, -0.05) is 90.6 Å². The molecule has 0 heterocycles. The molecule has 0 aromatic carbocycles. The van der Waals surface area contributed by atoms with Crippen LogP contribution in [0.5, 0.6) is 0 Å². The molecule has 0 spiro atoms. The minimum Gasteiger partial charge on any atom is -1.00 e. The van der Waals surface area contributed by atoms with Gasteiger partial charge in [0.25, 0.3) is 0 Å². The summed E-state index contributed by atoms with van der Waals surface area (Å²) < 4.78 is 6.03. The Kier molecular flexibility index (Phi) is 20.9. The maximum atomic E-state index is 11.1. The molecular formula is C24H48ClNO2. The number of nitrogens with zero attached hydrogens (tertiary/aromatic N) is 1. The second kappa shape index (κ2) is 19.8. The predicted octanol–water partition coefficient (Wildman–Crippen LogP) is 3.67. The van der Waals surface area contributed by atoms with Gasteiger partial charge in [0, 0.05) is 6.08 Å². The molecule has 1 atom stereocenters. The Morgan fingerprint density at radius 1 is 0.893 bits per heavy atom. The van der Waals surface area contributed by atoms with Gasteiger partial charge in [-0.15, -0.1) is 0 Å². The molecule has 1 unspecified atom stereocenters. The van der Waals surface area contributed by atoms with Crippen LogP contribution < -0.4 is 12.4 Å². The molecule has 0 aromatic rings. The Morgan fingerprint density at radius 3 is 1.75 bits per heavy atom. The number of carbonyl (C=O) groups is 1.